The zero-order chi connectivity index (χ0) is 15.4. The van der Waals surface area contributed by atoms with Gasteiger partial charge in [0, 0.05) is 45.5 Å². The number of hydrogen-bond donors (Lipinski definition) is 1. The van der Waals surface area contributed by atoms with Crippen molar-refractivity contribution in [3.8, 4) is 0 Å². The second-order valence-corrected chi connectivity index (χ2v) is 5.49. The molecule has 0 bridgehead atoms. The number of hydrogen-bond acceptors (Lipinski definition) is 5. The molecular formula is C14H22FN5O. The second-order valence-electron chi connectivity index (χ2n) is 5.49. The average molecular weight is 295 g/mol. The van der Waals surface area contributed by atoms with E-state index in [4.69, 9.17) is 5.73 Å². The first-order chi connectivity index (χ1) is 9.99. The maximum atomic E-state index is 13.8. The van der Waals surface area contributed by atoms with Crippen LogP contribution in [0.1, 0.15) is 10.4 Å². The van der Waals surface area contributed by atoms with Crippen LogP contribution in [0.25, 0.3) is 0 Å². The Balaban J connectivity index is 1.93. The van der Waals surface area contributed by atoms with Crippen LogP contribution in [-0.4, -0.2) is 79.0 Å². The largest absolute Gasteiger partial charge is 0.381 e. The number of pyridine rings is 1. The van der Waals surface area contributed by atoms with Crippen molar-refractivity contribution in [1.82, 2.24) is 19.7 Å². The van der Waals surface area contributed by atoms with Gasteiger partial charge in [-0.25, -0.2) is 9.37 Å². The first-order valence-corrected chi connectivity index (χ1v) is 7.05. The van der Waals surface area contributed by atoms with Gasteiger partial charge in [-0.3, -0.25) is 9.69 Å². The lowest BCUT2D eigenvalue weighted by molar-refractivity contribution is 0.0625. The van der Waals surface area contributed by atoms with Gasteiger partial charge >= 0.3 is 0 Å². The summed E-state index contributed by atoms with van der Waals surface area (Å²) in [7, 11) is 4.08. The number of halogens is 1. The lowest BCUT2D eigenvalue weighted by atomic mass is 10.2. The molecule has 1 amide bonds. The molecule has 1 aromatic rings. The molecule has 0 spiro atoms. The van der Waals surface area contributed by atoms with Crippen molar-refractivity contribution in [2.45, 2.75) is 0 Å². The number of piperazine rings is 1. The first-order valence-electron chi connectivity index (χ1n) is 7.05. The third-order valence-corrected chi connectivity index (χ3v) is 3.67. The first kappa shape index (κ1) is 15.7. The van der Waals surface area contributed by atoms with Crippen LogP contribution in [0.5, 0.6) is 0 Å². The SMILES string of the molecule is CN(C)CCN1CCN(C(=O)c2ccnc(N)c2F)CC1. The molecule has 1 saturated heterocycles. The van der Waals surface area contributed by atoms with Crippen LogP contribution in [0.4, 0.5) is 10.2 Å². The van der Waals surface area contributed by atoms with Crippen LogP contribution >= 0.6 is 0 Å². The molecule has 1 fully saturated rings. The fourth-order valence-corrected chi connectivity index (χ4v) is 2.31. The van der Waals surface area contributed by atoms with Crippen molar-refractivity contribution in [1.29, 1.82) is 0 Å². The van der Waals surface area contributed by atoms with Gasteiger partial charge in [0.15, 0.2) is 11.6 Å². The zero-order valence-electron chi connectivity index (χ0n) is 12.5. The standard InChI is InChI=1S/C14H22FN5O/c1-18(2)5-6-19-7-9-20(10-8-19)14(21)11-3-4-17-13(16)12(11)15/h3-4H,5-10H2,1-2H3,(H2,16,17). The molecule has 0 atom stereocenters. The number of likely N-dealkylation sites (N-methyl/N-ethyl adjacent to an activating group) is 1. The third kappa shape index (κ3) is 3.89. The summed E-state index contributed by atoms with van der Waals surface area (Å²) < 4.78 is 13.8. The normalized spacial score (nSPS) is 16.5. The van der Waals surface area contributed by atoms with Crippen LogP contribution < -0.4 is 5.73 Å². The molecular weight excluding hydrogens is 273 g/mol. The fourth-order valence-electron chi connectivity index (χ4n) is 2.31. The highest BCUT2D eigenvalue weighted by atomic mass is 19.1. The maximum absolute atomic E-state index is 13.8. The van der Waals surface area contributed by atoms with Crippen molar-refractivity contribution >= 4 is 11.7 Å². The molecule has 116 valence electrons. The number of aromatic nitrogens is 1. The number of rotatable bonds is 4. The van der Waals surface area contributed by atoms with Crippen LogP contribution in [0.3, 0.4) is 0 Å². The summed E-state index contributed by atoms with van der Waals surface area (Å²) in [6.45, 7) is 4.79. The molecule has 2 rings (SSSR count). The Labute approximate surface area is 124 Å². The van der Waals surface area contributed by atoms with E-state index < -0.39 is 5.82 Å². The molecule has 0 aliphatic carbocycles. The summed E-state index contributed by atoms with van der Waals surface area (Å²) >= 11 is 0. The number of carbonyl (C=O) groups excluding carboxylic acids is 1. The topological polar surface area (TPSA) is 65.7 Å². The maximum Gasteiger partial charge on any atom is 0.257 e. The molecule has 1 aromatic heterocycles. The molecule has 21 heavy (non-hydrogen) atoms. The van der Waals surface area contributed by atoms with Crippen LogP contribution in [0, 0.1) is 5.82 Å². The highest BCUT2D eigenvalue weighted by molar-refractivity contribution is 5.95. The Morgan fingerprint density at radius 3 is 2.67 bits per heavy atom. The molecule has 0 radical (unpaired) electrons. The van der Waals surface area contributed by atoms with Gasteiger partial charge in [-0.2, -0.15) is 0 Å². The summed E-state index contributed by atoms with van der Waals surface area (Å²) in [5.74, 6) is -1.27. The molecule has 0 aromatic carbocycles. The van der Waals surface area contributed by atoms with Gasteiger partial charge in [-0.1, -0.05) is 0 Å². The van der Waals surface area contributed by atoms with E-state index in [1.54, 1.807) is 4.90 Å². The fraction of sp³-hybridized carbons (Fsp3) is 0.571. The van der Waals surface area contributed by atoms with E-state index in [1.165, 1.54) is 12.3 Å². The summed E-state index contributed by atoms with van der Waals surface area (Å²) in [5, 5.41) is 0. The van der Waals surface area contributed by atoms with Crippen LogP contribution in [0.2, 0.25) is 0 Å². The van der Waals surface area contributed by atoms with E-state index in [0.717, 1.165) is 26.2 Å². The summed E-state index contributed by atoms with van der Waals surface area (Å²) in [6.07, 6.45) is 1.36. The Morgan fingerprint density at radius 2 is 2.05 bits per heavy atom. The van der Waals surface area contributed by atoms with Crippen molar-refractivity contribution in [2.24, 2.45) is 0 Å². The third-order valence-electron chi connectivity index (χ3n) is 3.67. The van der Waals surface area contributed by atoms with E-state index in [0.29, 0.717) is 13.1 Å². The van der Waals surface area contributed by atoms with Gasteiger partial charge in [-0.15, -0.1) is 0 Å². The molecule has 2 N–H and O–H groups in total. The predicted molar refractivity (Wildman–Crippen MR) is 79.5 cm³/mol. The Morgan fingerprint density at radius 1 is 1.38 bits per heavy atom. The van der Waals surface area contributed by atoms with E-state index >= 15 is 0 Å². The van der Waals surface area contributed by atoms with Gasteiger partial charge in [0.05, 0.1) is 5.56 Å². The van der Waals surface area contributed by atoms with E-state index in [9.17, 15) is 9.18 Å². The quantitative estimate of drug-likeness (QED) is 0.855. The average Bonchev–Trinajstić information content (AvgIpc) is 2.48. The predicted octanol–water partition coefficient (Wildman–Crippen LogP) is 0.122. The Kier molecular flexibility index (Phi) is 5.08. The van der Waals surface area contributed by atoms with E-state index in [-0.39, 0.29) is 17.3 Å². The van der Waals surface area contributed by atoms with Gasteiger partial charge in [0.1, 0.15) is 0 Å². The Bertz CT molecular complexity index is 500. The minimum atomic E-state index is -0.725. The van der Waals surface area contributed by atoms with Crippen LogP contribution in [-0.2, 0) is 0 Å². The molecule has 0 unspecified atom stereocenters. The molecule has 1 aliphatic heterocycles. The highest BCUT2D eigenvalue weighted by Gasteiger charge is 2.24. The molecule has 0 saturated carbocycles. The number of carbonyl (C=O) groups is 1. The lowest BCUT2D eigenvalue weighted by Crippen LogP contribution is -2.50. The molecule has 6 nitrogen and oxygen atoms in total. The van der Waals surface area contributed by atoms with Gasteiger partial charge in [-0.05, 0) is 20.2 Å². The molecule has 7 heteroatoms. The van der Waals surface area contributed by atoms with Gasteiger partial charge in [0.2, 0.25) is 0 Å². The zero-order valence-corrected chi connectivity index (χ0v) is 12.5. The van der Waals surface area contributed by atoms with E-state index in [1.807, 2.05) is 14.1 Å². The minimum absolute atomic E-state index is 0.00393. The van der Waals surface area contributed by atoms with Crippen molar-refractivity contribution in [3.05, 3.63) is 23.6 Å². The number of nitrogens with zero attached hydrogens (tertiary/aromatic N) is 4. The monoisotopic (exact) mass is 295 g/mol. The van der Waals surface area contributed by atoms with Crippen molar-refractivity contribution in [3.63, 3.8) is 0 Å². The summed E-state index contributed by atoms with van der Waals surface area (Å²) in [4.78, 5) is 22.1. The number of anilines is 1. The van der Waals surface area contributed by atoms with E-state index in [2.05, 4.69) is 14.8 Å². The smallest absolute Gasteiger partial charge is 0.257 e. The second kappa shape index (κ2) is 6.82. The summed E-state index contributed by atoms with van der Waals surface area (Å²) in [5.41, 5.74) is 5.41. The molecule has 1 aliphatic rings. The Hall–Kier alpha value is -1.73. The highest BCUT2D eigenvalue weighted by Crippen LogP contribution is 2.15. The van der Waals surface area contributed by atoms with Crippen molar-refractivity contribution < 1.29 is 9.18 Å². The minimum Gasteiger partial charge on any atom is -0.381 e. The van der Waals surface area contributed by atoms with Gasteiger partial charge in [0.25, 0.3) is 5.91 Å². The van der Waals surface area contributed by atoms with Gasteiger partial charge < -0.3 is 15.5 Å². The molecule has 2 heterocycles. The van der Waals surface area contributed by atoms with Crippen molar-refractivity contribution in [2.75, 3.05) is 59.1 Å². The number of amides is 1. The number of nitrogens with two attached hydrogens (primary N) is 1. The number of nitrogen functional groups attached to an aromatic ring is 1. The summed E-state index contributed by atoms with van der Waals surface area (Å²) in [6, 6.07) is 1.38. The van der Waals surface area contributed by atoms with Crippen LogP contribution in [0.15, 0.2) is 12.3 Å². The lowest BCUT2D eigenvalue weighted by Gasteiger charge is -2.35.